The minimum atomic E-state index is -0.907. The third-order valence-electron chi connectivity index (χ3n) is 4.16. The van der Waals surface area contributed by atoms with E-state index in [1.165, 1.54) is 6.92 Å². The molecule has 0 aliphatic heterocycles. The average molecular weight is 357 g/mol. The van der Waals surface area contributed by atoms with E-state index in [1.807, 2.05) is 6.92 Å². The highest BCUT2D eigenvalue weighted by Gasteiger charge is 2.36. The Morgan fingerprint density at radius 1 is 1.08 bits per heavy atom. The smallest absolute Gasteiger partial charge is 0.410 e. The van der Waals surface area contributed by atoms with Crippen LogP contribution in [0, 0.1) is 5.92 Å². The van der Waals surface area contributed by atoms with E-state index in [-0.39, 0.29) is 18.4 Å². The molecule has 1 unspecified atom stereocenters. The van der Waals surface area contributed by atoms with Gasteiger partial charge in [0.05, 0.1) is 12.5 Å². The predicted molar refractivity (Wildman–Crippen MR) is 91.7 cm³/mol. The highest BCUT2D eigenvalue weighted by atomic mass is 16.7. The third-order valence-corrected chi connectivity index (χ3v) is 4.16. The molecule has 1 aliphatic carbocycles. The summed E-state index contributed by atoms with van der Waals surface area (Å²) in [4.78, 5) is 35.2. The number of carbonyl (C=O) groups excluding carboxylic acids is 3. The molecule has 1 rings (SSSR count). The normalized spacial score (nSPS) is 17.5. The molecule has 1 atom stereocenters. The van der Waals surface area contributed by atoms with Gasteiger partial charge in [-0.3, -0.25) is 9.59 Å². The Hall–Kier alpha value is -1.79. The van der Waals surface area contributed by atoms with Crippen LogP contribution in [0.15, 0.2) is 0 Å². The highest BCUT2D eigenvalue weighted by molar-refractivity contribution is 5.72. The van der Waals surface area contributed by atoms with Gasteiger partial charge in [-0.15, -0.1) is 0 Å². The molecular weight excluding hydrogens is 326 g/mol. The summed E-state index contributed by atoms with van der Waals surface area (Å²) in [7, 11) is 0. The molecule has 0 saturated heterocycles. The van der Waals surface area contributed by atoms with Crippen LogP contribution in [-0.4, -0.2) is 36.5 Å². The van der Waals surface area contributed by atoms with Crippen molar-refractivity contribution in [1.29, 1.82) is 0 Å². The highest BCUT2D eigenvalue weighted by Crippen LogP contribution is 2.31. The lowest BCUT2D eigenvalue weighted by atomic mass is 9.84. The third kappa shape index (κ3) is 7.75. The fraction of sp³-hybridized carbons (Fsp3) is 0.833. The van der Waals surface area contributed by atoms with Gasteiger partial charge in [0.25, 0.3) is 0 Å². The minimum Gasteiger partial charge on any atom is -0.457 e. The van der Waals surface area contributed by atoms with Gasteiger partial charge < -0.3 is 19.5 Å². The molecule has 7 nitrogen and oxygen atoms in total. The van der Waals surface area contributed by atoms with Crippen LogP contribution in [0.1, 0.15) is 72.6 Å². The Balaban J connectivity index is 2.56. The Morgan fingerprint density at radius 3 is 2.24 bits per heavy atom. The van der Waals surface area contributed by atoms with Crippen LogP contribution in [-0.2, 0) is 23.8 Å². The van der Waals surface area contributed by atoms with E-state index in [2.05, 4.69) is 5.32 Å². The Kier molecular flexibility index (Phi) is 8.72. The van der Waals surface area contributed by atoms with Crippen molar-refractivity contribution in [2.75, 3.05) is 6.54 Å². The molecular formula is C18H31NO6. The van der Waals surface area contributed by atoms with Crippen LogP contribution in [0.25, 0.3) is 0 Å². The van der Waals surface area contributed by atoms with Gasteiger partial charge in [0.2, 0.25) is 6.29 Å². The maximum absolute atomic E-state index is 12.1. The molecule has 0 aromatic heterocycles. The van der Waals surface area contributed by atoms with Gasteiger partial charge in [-0.1, -0.05) is 27.2 Å². The number of nitrogens with one attached hydrogen (secondary N) is 1. The van der Waals surface area contributed by atoms with Crippen molar-refractivity contribution in [2.45, 2.75) is 84.5 Å². The first-order valence-corrected chi connectivity index (χ1v) is 9.12. The quantitative estimate of drug-likeness (QED) is 0.529. The molecule has 0 aromatic rings. The van der Waals surface area contributed by atoms with Crippen molar-refractivity contribution >= 4 is 18.0 Å². The van der Waals surface area contributed by atoms with E-state index in [0.29, 0.717) is 25.7 Å². The number of alkyl carbamates (subject to hydrolysis) is 1. The van der Waals surface area contributed by atoms with Crippen LogP contribution < -0.4 is 5.32 Å². The number of hydrogen-bond donors (Lipinski definition) is 1. The molecule has 144 valence electrons. The number of ether oxygens (including phenoxy) is 3. The summed E-state index contributed by atoms with van der Waals surface area (Å²) in [6.45, 7) is 6.92. The molecule has 1 saturated carbocycles. The van der Waals surface area contributed by atoms with E-state index in [4.69, 9.17) is 14.2 Å². The van der Waals surface area contributed by atoms with Gasteiger partial charge in [-0.05, 0) is 32.1 Å². The summed E-state index contributed by atoms with van der Waals surface area (Å²) in [5.74, 6) is -1.05. The van der Waals surface area contributed by atoms with Gasteiger partial charge in [-0.25, -0.2) is 4.79 Å². The van der Waals surface area contributed by atoms with E-state index in [1.54, 1.807) is 13.8 Å². The van der Waals surface area contributed by atoms with Gasteiger partial charge in [0.15, 0.2) is 0 Å². The number of amides is 1. The molecule has 0 spiro atoms. The molecule has 25 heavy (non-hydrogen) atoms. The number of carbonyl (C=O) groups is 3. The van der Waals surface area contributed by atoms with Crippen molar-refractivity contribution in [1.82, 2.24) is 5.32 Å². The molecule has 1 aliphatic rings. The SMILES string of the molecule is CCCC(OC(=O)NCC1(OC(C)=O)CCCCC1)OC(=O)C(C)C. The van der Waals surface area contributed by atoms with E-state index in [9.17, 15) is 14.4 Å². The lowest BCUT2D eigenvalue weighted by Gasteiger charge is -2.36. The summed E-state index contributed by atoms with van der Waals surface area (Å²) < 4.78 is 15.9. The zero-order chi connectivity index (χ0) is 18.9. The lowest BCUT2D eigenvalue weighted by molar-refractivity contribution is -0.173. The number of hydrogen-bond acceptors (Lipinski definition) is 6. The molecule has 1 amide bonds. The fourth-order valence-electron chi connectivity index (χ4n) is 2.85. The minimum absolute atomic E-state index is 0.197. The van der Waals surface area contributed by atoms with Crippen LogP contribution >= 0.6 is 0 Å². The first kappa shape index (κ1) is 21.3. The fourth-order valence-corrected chi connectivity index (χ4v) is 2.85. The van der Waals surface area contributed by atoms with Crippen LogP contribution in [0.3, 0.4) is 0 Å². The van der Waals surface area contributed by atoms with E-state index >= 15 is 0 Å². The second kappa shape index (κ2) is 10.3. The summed E-state index contributed by atoms with van der Waals surface area (Å²) in [6.07, 6.45) is 3.99. The maximum Gasteiger partial charge on any atom is 0.410 e. The molecule has 7 heteroatoms. The molecule has 0 bridgehead atoms. The summed E-state index contributed by atoms with van der Waals surface area (Å²) in [5, 5.41) is 2.66. The summed E-state index contributed by atoms with van der Waals surface area (Å²) in [5.41, 5.74) is -0.669. The first-order valence-electron chi connectivity index (χ1n) is 9.12. The van der Waals surface area contributed by atoms with Crippen LogP contribution in [0.2, 0.25) is 0 Å². The van der Waals surface area contributed by atoms with Gasteiger partial charge in [0, 0.05) is 13.3 Å². The van der Waals surface area contributed by atoms with Gasteiger partial charge in [0.1, 0.15) is 5.60 Å². The average Bonchev–Trinajstić information content (AvgIpc) is 2.53. The number of rotatable bonds is 8. The van der Waals surface area contributed by atoms with Crippen molar-refractivity contribution < 1.29 is 28.6 Å². The van der Waals surface area contributed by atoms with Crippen molar-refractivity contribution in [3.8, 4) is 0 Å². The Bertz CT molecular complexity index is 456. The standard InChI is InChI=1S/C18H31NO6/c1-5-9-15(23-16(21)13(2)3)24-17(22)19-12-18(25-14(4)20)10-7-6-8-11-18/h13,15H,5-12H2,1-4H3,(H,19,22). The first-order chi connectivity index (χ1) is 11.8. The second-order valence-corrected chi connectivity index (χ2v) is 6.91. The van der Waals surface area contributed by atoms with Gasteiger partial charge in [-0.2, -0.15) is 0 Å². The monoisotopic (exact) mass is 357 g/mol. The zero-order valence-corrected chi connectivity index (χ0v) is 15.8. The molecule has 0 aromatic carbocycles. The number of esters is 2. The van der Waals surface area contributed by atoms with E-state index < -0.39 is 24.0 Å². The topological polar surface area (TPSA) is 90.9 Å². The predicted octanol–water partition coefficient (Wildman–Crippen LogP) is 3.30. The Morgan fingerprint density at radius 2 is 1.72 bits per heavy atom. The molecule has 1 N–H and O–H groups in total. The summed E-state index contributed by atoms with van der Waals surface area (Å²) in [6, 6.07) is 0. The second-order valence-electron chi connectivity index (χ2n) is 6.91. The van der Waals surface area contributed by atoms with Crippen molar-refractivity contribution in [3.63, 3.8) is 0 Å². The van der Waals surface area contributed by atoms with Crippen LogP contribution in [0.4, 0.5) is 4.79 Å². The zero-order valence-electron chi connectivity index (χ0n) is 15.8. The molecule has 0 radical (unpaired) electrons. The summed E-state index contributed by atoms with van der Waals surface area (Å²) >= 11 is 0. The van der Waals surface area contributed by atoms with Gasteiger partial charge >= 0.3 is 18.0 Å². The maximum atomic E-state index is 12.1. The lowest BCUT2D eigenvalue weighted by Crippen LogP contribution is -2.48. The Labute approximate surface area is 149 Å². The molecule has 1 fully saturated rings. The van der Waals surface area contributed by atoms with Crippen molar-refractivity contribution in [2.24, 2.45) is 5.92 Å². The van der Waals surface area contributed by atoms with Crippen molar-refractivity contribution in [3.05, 3.63) is 0 Å². The largest absolute Gasteiger partial charge is 0.457 e. The van der Waals surface area contributed by atoms with Crippen LogP contribution in [0.5, 0.6) is 0 Å². The molecule has 0 heterocycles. The van der Waals surface area contributed by atoms with E-state index in [0.717, 1.165) is 19.3 Å².